The molecule has 0 radical (unpaired) electrons. The lowest BCUT2D eigenvalue weighted by atomic mass is 9.65. The van der Waals surface area contributed by atoms with Gasteiger partial charge in [-0.1, -0.05) is 13.8 Å². The molecule has 1 fully saturated rings. The van der Waals surface area contributed by atoms with E-state index in [2.05, 4.69) is 19.2 Å². The minimum Gasteiger partial charge on any atom is -0.353 e. The second-order valence-corrected chi connectivity index (χ2v) is 5.45. The molecule has 0 spiro atoms. The van der Waals surface area contributed by atoms with Crippen molar-refractivity contribution in [3.63, 3.8) is 0 Å². The van der Waals surface area contributed by atoms with E-state index < -0.39 is 0 Å². The van der Waals surface area contributed by atoms with Gasteiger partial charge in [-0.3, -0.25) is 4.79 Å². The topological polar surface area (TPSA) is 52.6 Å². The first-order chi connectivity index (χ1) is 6.69. The van der Waals surface area contributed by atoms with Crippen LogP contribution in [0.5, 0.6) is 0 Å². The van der Waals surface area contributed by atoms with Gasteiger partial charge in [-0.2, -0.15) is 5.06 Å². The molecule has 1 atom stereocenters. The molecule has 2 N–H and O–H groups in total. The molecular weight excluding hydrogens is 192 g/mol. The number of hydroxylamine groups is 2. The van der Waals surface area contributed by atoms with Gasteiger partial charge in [0.1, 0.15) is 0 Å². The lowest BCUT2D eigenvalue weighted by Crippen LogP contribution is -2.65. The van der Waals surface area contributed by atoms with Crippen molar-refractivity contribution in [1.29, 1.82) is 0 Å². The summed E-state index contributed by atoms with van der Waals surface area (Å²) in [7, 11) is 0. The highest BCUT2D eigenvalue weighted by Gasteiger charge is 2.50. The van der Waals surface area contributed by atoms with Crippen LogP contribution < -0.4 is 5.32 Å². The quantitative estimate of drug-likeness (QED) is 0.693. The van der Waals surface area contributed by atoms with Crippen molar-refractivity contribution in [2.45, 2.75) is 52.6 Å². The minimum atomic E-state index is -0.335. The Morgan fingerprint density at radius 1 is 1.40 bits per heavy atom. The average Bonchev–Trinajstić information content (AvgIpc) is 2.08. The highest BCUT2D eigenvalue weighted by atomic mass is 16.5. The van der Waals surface area contributed by atoms with Gasteiger partial charge in [0, 0.05) is 30.5 Å². The van der Waals surface area contributed by atoms with E-state index in [4.69, 9.17) is 0 Å². The van der Waals surface area contributed by atoms with E-state index >= 15 is 0 Å². The Morgan fingerprint density at radius 3 is 2.40 bits per heavy atom. The molecule has 0 aromatic carbocycles. The molecule has 1 amide bonds. The van der Waals surface area contributed by atoms with Gasteiger partial charge < -0.3 is 10.5 Å². The Kier molecular flexibility index (Phi) is 3.12. The fraction of sp³-hybridized carbons (Fsp3) is 0.909. The molecule has 15 heavy (non-hydrogen) atoms. The normalized spacial score (nSPS) is 29.9. The number of piperidine rings is 1. The Bertz CT molecular complexity index is 261. The molecule has 0 aromatic rings. The van der Waals surface area contributed by atoms with E-state index in [1.54, 1.807) is 0 Å². The van der Waals surface area contributed by atoms with Crippen LogP contribution in [-0.2, 0) is 4.79 Å². The highest BCUT2D eigenvalue weighted by Crippen LogP contribution is 2.42. The van der Waals surface area contributed by atoms with Crippen molar-refractivity contribution < 1.29 is 10.0 Å². The second-order valence-electron chi connectivity index (χ2n) is 5.45. The largest absolute Gasteiger partial charge is 0.353 e. The molecule has 0 saturated carbocycles. The number of amides is 1. The molecule has 0 bridgehead atoms. The van der Waals surface area contributed by atoms with E-state index in [9.17, 15) is 10.0 Å². The second kappa shape index (κ2) is 3.76. The van der Waals surface area contributed by atoms with E-state index in [1.807, 2.05) is 13.8 Å². The van der Waals surface area contributed by atoms with Crippen LogP contribution >= 0.6 is 0 Å². The zero-order chi connectivity index (χ0) is 11.9. The minimum absolute atomic E-state index is 0.00438. The lowest BCUT2D eigenvalue weighted by Gasteiger charge is -2.54. The van der Waals surface area contributed by atoms with Crippen molar-refractivity contribution in [3.8, 4) is 0 Å². The molecule has 1 aliphatic heterocycles. The zero-order valence-corrected chi connectivity index (χ0v) is 10.3. The van der Waals surface area contributed by atoms with Crippen LogP contribution in [0.15, 0.2) is 0 Å². The van der Waals surface area contributed by atoms with Crippen LogP contribution in [-0.4, -0.2) is 34.3 Å². The van der Waals surface area contributed by atoms with Gasteiger partial charge in [-0.25, -0.2) is 0 Å². The van der Waals surface area contributed by atoms with Crippen LogP contribution in [0.25, 0.3) is 0 Å². The average molecular weight is 214 g/mol. The summed E-state index contributed by atoms with van der Waals surface area (Å²) in [4.78, 5) is 11.1. The number of nitrogens with one attached hydrogen (secondary N) is 1. The third kappa shape index (κ3) is 2.01. The molecular formula is C11H22N2O2. The number of carbonyl (C=O) groups excluding carboxylic acids is 1. The Hall–Kier alpha value is -0.610. The third-order valence-electron chi connectivity index (χ3n) is 4.10. The maximum atomic E-state index is 11.1. The number of carbonyl (C=O) groups is 1. The van der Waals surface area contributed by atoms with Crippen molar-refractivity contribution in [2.24, 2.45) is 5.41 Å². The molecule has 0 aliphatic carbocycles. The van der Waals surface area contributed by atoms with Gasteiger partial charge in [-0.15, -0.1) is 0 Å². The summed E-state index contributed by atoms with van der Waals surface area (Å²) in [6.45, 7) is 10.3. The Morgan fingerprint density at radius 2 is 1.93 bits per heavy atom. The number of hydrogen-bond donors (Lipinski definition) is 2. The van der Waals surface area contributed by atoms with E-state index in [0.29, 0.717) is 6.54 Å². The van der Waals surface area contributed by atoms with Crippen molar-refractivity contribution in [1.82, 2.24) is 10.4 Å². The van der Waals surface area contributed by atoms with Crippen LogP contribution in [0.3, 0.4) is 0 Å². The summed E-state index contributed by atoms with van der Waals surface area (Å²) in [6, 6.07) is 0.119. The summed E-state index contributed by atoms with van der Waals surface area (Å²) in [5.74, 6) is -0.00438. The van der Waals surface area contributed by atoms with Crippen LogP contribution in [0.1, 0.15) is 41.0 Å². The van der Waals surface area contributed by atoms with Crippen LogP contribution in [0, 0.1) is 5.41 Å². The summed E-state index contributed by atoms with van der Waals surface area (Å²) >= 11 is 0. The summed E-state index contributed by atoms with van der Waals surface area (Å²) in [6.07, 6.45) is 0.784. The van der Waals surface area contributed by atoms with Gasteiger partial charge in [0.05, 0.1) is 0 Å². The molecule has 88 valence electrons. The van der Waals surface area contributed by atoms with Gasteiger partial charge in [0.25, 0.3) is 0 Å². The Balaban J connectivity index is 2.90. The highest BCUT2D eigenvalue weighted by molar-refractivity contribution is 5.73. The van der Waals surface area contributed by atoms with Crippen molar-refractivity contribution in [2.75, 3.05) is 6.54 Å². The first kappa shape index (κ1) is 12.5. The van der Waals surface area contributed by atoms with Gasteiger partial charge in [0.15, 0.2) is 0 Å². The fourth-order valence-electron chi connectivity index (χ4n) is 2.15. The number of nitrogens with zero attached hydrogens (tertiary/aromatic N) is 1. The van der Waals surface area contributed by atoms with Crippen LogP contribution in [0.2, 0.25) is 0 Å². The van der Waals surface area contributed by atoms with Crippen molar-refractivity contribution >= 4 is 5.91 Å². The summed E-state index contributed by atoms with van der Waals surface area (Å²) < 4.78 is 0. The predicted molar refractivity (Wildman–Crippen MR) is 58.6 cm³/mol. The first-order valence-electron chi connectivity index (χ1n) is 5.43. The summed E-state index contributed by atoms with van der Waals surface area (Å²) in [5.41, 5.74) is -0.496. The van der Waals surface area contributed by atoms with Gasteiger partial charge in [-0.05, 0) is 20.3 Å². The number of rotatable bonds is 1. The first-order valence-corrected chi connectivity index (χ1v) is 5.43. The molecule has 1 saturated heterocycles. The van der Waals surface area contributed by atoms with E-state index in [0.717, 1.165) is 6.42 Å². The fourth-order valence-corrected chi connectivity index (χ4v) is 2.15. The van der Waals surface area contributed by atoms with Crippen LogP contribution in [0.4, 0.5) is 0 Å². The van der Waals surface area contributed by atoms with E-state index in [1.165, 1.54) is 12.0 Å². The van der Waals surface area contributed by atoms with Gasteiger partial charge in [0.2, 0.25) is 5.91 Å². The van der Waals surface area contributed by atoms with Gasteiger partial charge >= 0.3 is 0 Å². The molecule has 0 aromatic heterocycles. The molecule has 4 heteroatoms. The lowest BCUT2D eigenvalue weighted by molar-refractivity contribution is -0.225. The number of hydrogen-bond acceptors (Lipinski definition) is 3. The van der Waals surface area contributed by atoms with E-state index in [-0.39, 0.29) is 22.9 Å². The molecule has 1 rings (SSSR count). The third-order valence-corrected chi connectivity index (χ3v) is 4.10. The standard InChI is InChI=1S/C11H22N2O2/c1-8(14)12-9-6-7-13(15)11(4,5)10(9,2)3/h9,15H,6-7H2,1-5H3,(H,12,14). The smallest absolute Gasteiger partial charge is 0.217 e. The SMILES string of the molecule is CC(=O)NC1CCN(O)C(C)(C)C1(C)C. The molecule has 1 aliphatic rings. The Labute approximate surface area is 91.6 Å². The molecule has 1 unspecified atom stereocenters. The summed E-state index contributed by atoms with van der Waals surface area (Å²) in [5, 5.41) is 14.2. The monoisotopic (exact) mass is 214 g/mol. The van der Waals surface area contributed by atoms with Crippen molar-refractivity contribution in [3.05, 3.63) is 0 Å². The zero-order valence-electron chi connectivity index (χ0n) is 10.3. The predicted octanol–water partition coefficient (Wildman–Crippen LogP) is 1.39. The maximum Gasteiger partial charge on any atom is 0.217 e. The molecule has 4 nitrogen and oxygen atoms in total. The maximum absolute atomic E-state index is 11.1. The molecule has 1 heterocycles.